The van der Waals surface area contributed by atoms with E-state index in [1.807, 2.05) is 20.8 Å². The summed E-state index contributed by atoms with van der Waals surface area (Å²) in [5.74, 6) is -3.65. The first kappa shape index (κ1) is 17.8. The largest absolute Gasteiger partial charge is 0.384 e. The lowest BCUT2D eigenvalue weighted by molar-refractivity contribution is -0.140. The molecule has 0 spiro atoms. The minimum absolute atomic E-state index is 0.0614. The number of halogens is 2. The Bertz CT molecular complexity index is 618. The normalized spacial score (nSPS) is 27.3. The summed E-state index contributed by atoms with van der Waals surface area (Å²) in [5.41, 5.74) is 4.17. The first-order valence-electron chi connectivity index (χ1n) is 7.64. The van der Waals surface area contributed by atoms with Gasteiger partial charge in [-0.05, 0) is 24.3 Å². The molecule has 2 heterocycles. The number of rotatable bonds is 5. The summed E-state index contributed by atoms with van der Waals surface area (Å²) >= 11 is 0. The van der Waals surface area contributed by atoms with Crippen molar-refractivity contribution >= 4 is 5.82 Å². The Balaban J connectivity index is 2.28. The molecule has 23 heavy (non-hydrogen) atoms. The number of hydrogen-bond donors (Lipinski definition) is 2. The zero-order valence-corrected chi connectivity index (χ0v) is 13.5. The summed E-state index contributed by atoms with van der Waals surface area (Å²) < 4.78 is 34.8. The smallest absolute Gasteiger partial charge is 0.351 e. The van der Waals surface area contributed by atoms with Crippen LogP contribution in [0.15, 0.2) is 17.1 Å². The van der Waals surface area contributed by atoms with Crippen LogP contribution in [0.25, 0.3) is 0 Å². The number of aromatic nitrogens is 2. The highest BCUT2D eigenvalue weighted by Gasteiger charge is 2.60. The molecule has 6 nitrogen and oxygen atoms in total. The molecular formula is C15H23F2N3O3. The van der Waals surface area contributed by atoms with Crippen molar-refractivity contribution in [2.45, 2.75) is 64.4 Å². The number of aliphatic hydroxyl groups excluding tert-OH is 1. The molecule has 1 aromatic rings. The zero-order chi connectivity index (χ0) is 17.4. The number of hydrogen-bond acceptors (Lipinski definition) is 5. The van der Waals surface area contributed by atoms with Gasteiger partial charge in [0, 0.05) is 6.20 Å². The van der Waals surface area contributed by atoms with Crippen molar-refractivity contribution < 1.29 is 18.6 Å². The predicted octanol–water partition coefficient (Wildman–Crippen LogP) is 1.94. The summed E-state index contributed by atoms with van der Waals surface area (Å²) in [6.45, 7) is 5.88. The highest BCUT2D eigenvalue weighted by atomic mass is 19.3. The Morgan fingerprint density at radius 1 is 1.52 bits per heavy atom. The second-order valence-electron chi connectivity index (χ2n) is 6.81. The van der Waals surface area contributed by atoms with E-state index >= 15 is 0 Å². The summed E-state index contributed by atoms with van der Waals surface area (Å²) in [6, 6.07) is 1.24. The topological polar surface area (TPSA) is 90.4 Å². The molecule has 1 aliphatic rings. The fourth-order valence-corrected chi connectivity index (χ4v) is 3.06. The van der Waals surface area contributed by atoms with E-state index in [9.17, 15) is 18.7 Å². The molecular weight excluding hydrogens is 308 g/mol. The Hall–Kier alpha value is -1.54. The van der Waals surface area contributed by atoms with Gasteiger partial charge in [-0.3, -0.25) is 4.57 Å². The van der Waals surface area contributed by atoms with Crippen molar-refractivity contribution in [3.63, 3.8) is 0 Å². The molecule has 1 aliphatic heterocycles. The maximum Gasteiger partial charge on any atom is 0.351 e. The standard InChI is InChI=1S/C15H23F2N3O3/c1-4-6-14(2,3)8-9-11(21)15(16,17)12(23-9)20-7-5-10(18)19-13(20)22/h5,7,9,11-12,21H,4,6,8H2,1-3H3,(H2,18,19,22)/t9?,11?,12-/m1/s1. The van der Waals surface area contributed by atoms with E-state index in [1.165, 1.54) is 6.07 Å². The van der Waals surface area contributed by atoms with E-state index in [2.05, 4.69) is 4.98 Å². The summed E-state index contributed by atoms with van der Waals surface area (Å²) in [7, 11) is 0. The molecule has 0 aliphatic carbocycles. The van der Waals surface area contributed by atoms with E-state index in [0.717, 1.165) is 19.0 Å². The van der Waals surface area contributed by atoms with Crippen molar-refractivity contribution in [3.8, 4) is 0 Å². The van der Waals surface area contributed by atoms with Crippen LogP contribution < -0.4 is 11.4 Å². The molecule has 3 N–H and O–H groups in total. The van der Waals surface area contributed by atoms with Crippen LogP contribution >= 0.6 is 0 Å². The van der Waals surface area contributed by atoms with E-state index in [1.54, 1.807) is 0 Å². The second kappa shape index (κ2) is 6.16. The molecule has 0 bridgehead atoms. The van der Waals surface area contributed by atoms with Crippen molar-refractivity contribution in [1.82, 2.24) is 9.55 Å². The Kier molecular flexibility index (Phi) is 4.77. The number of ether oxygens (including phenoxy) is 1. The van der Waals surface area contributed by atoms with Crippen LogP contribution in [0.3, 0.4) is 0 Å². The molecule has 0 amide bonds. The number of aliphatic hydroxyl groups is 1. The number of nitrogen functional groups attached to an aromatic ring is 1. The molecule has 0 saturated carbocycles. The first-order valence-corrected chi connectivity index (χ1v) is 7.64. The van der Waals surface area contributed by atoms with Gasteiger partial charge in [-0.25, -0.2) is 4.79 Å². The Labute approximate surface area is 133 Å². The van der Waals surface area contributed by atoms with Gasteiger partial charge >= 0.3 is 11.6 Å². The van der Waals surface area contributed by atoms with Crippen LogP contribution in [0.4, 0.5) is 14.6 Å². The van der Waals surface area contributed by atoms with E-state index in [0.29, 0.717) is 4.57 Å². The molecule has 1 aromatic heterocycles. The maximum absolute atomic E-state index is 14.4. The van der Waals surface area contributed by atoms with Crippen molar-refractivity contribution in [1.29, 1.82) is 0 Å². The van der Waals surface area contributed by atoms with E-state index in [4.69, 9.17) is 10.5 Å². The second-order valence-corrected chi connectivity index (χ2v) is 6.81. The SMILES string of the molecule is CCCC(C)(C)CC1O[C@@H](n2ccc(N)nc2=O)C(F)(F)C1O. The third kappa shape index (κ3) is 3.53. The molecule has 130 valence electrons. The van der Waals surface area contributed by atoms with Gasteiger partial charge in [0.05, 0.1) is 6.10 Å². The average molecular weight is 331 g/mol. The monoisotopic (exact) mass is 331 g/mol. The van der Waals surface area contributed by atoms with E-state index < -0.39 is 30.0 Å². The minimum atomic E-state index is -3.59. The first-order chi connectivity index (χ1) is 10.6. The van der Waals surface area contributed by atoms with Gasteiger partial charge in [-0.2, -0.15) is 13.8 Å². The van der Waals surface area contributed by atoms with Gasteiger partial charge in [0.1, 0.15) is 11.9 Å². The fourth-order valence-electron chi connectivity index (χ4n) is 3.06. The van der Waals surface area contributed by atoms with Gasteiger partial charge in [0.25, 0.3) is 0 Å². The van der Waals surface area contributed by atoms with Crippen LogP contribution in [-0.4, -0.2) is 32.8 Å². The fraction of sp³-hybridized carbons (Fsp3) is 0.733. The molecule has 3 atom stereocenters. The summed E-state index contributed by atoms with van der Waals surface area (Å²) in [4.78, 5) is 15.2. The number of nitrogens with zero attached hydrogens (tertiary/aromatic N) is 2. The van der Waals surface area contributed by atoms with Crippen LogP contribution in [-0.2, 0) is 4.74 Å². The third-order valence-electron chi connectivity index (χ3n) is 4.16. The number of nitrogens with two attached hydrogens (primary N) is 1. The van der Waals surface area contributed by atoms with Gasteiger partial charge in [-0.1, -0.05) is 27.2 Å². The predicted molar refractivity (Wildman–Crippen MR) is 81.1 cm³/mol. The quantitative estimate of drug-likeness (QED) is 0.860. The van der Waals surface area contributed by atoms with Crippen LogP contribution in [0.1, 0.15) is 46.3 Å². The minimum Gasteiger partial charge on any atom is -0.384 e. The maximum atomic E-state index is 14.4. The highest BCUT2D eigenvalue weighted by molar-refractivity contribution is 5.23. The van der Waals surface area contributed by atoms with Crippen LogP contribution in [0.2, 0.25) is 0 Å². The molecule has 8 heteroatoms. The van der Waals surface area contributed by atoms with Crippen molar-refractivity contribution in [2.24, 2.45) is 5.41 Å². The van der Waals surface area contributed by atoms with Gasteiger partial charge < -0.3 is 15.6 Å². The highest BCUT2D eigenvalue weighted by Crippen LogP contribution is 2.45. The molecule has 2 rings (SSSR count). The van der Waals surface area contributed by atoms with Gasteiger partial charge in [-0.15, -0.1) is 0 Å². The molecule has 0 radical (unpaired) electrons. The molecule has 1 fully saturated rings. The zero-order valence-electron chi connectivity index (χ0n) is 13.5. The molecule has 2 unspecified atom stereocenters. The molecule has 1 saturated heterocycles. The third-order valence-corrected chi connectivity index (χ3v) is 4.16. The lowest BCUT2D eigenvalue weighted by Gasteiger charge is -2.28. The van der Waals surface area contributed by atoms with E-state index in [-0.39, 0.29) is 17.7 Å². The summed E-state index contributed by atoms with van der Waals surface area (Å²) in [6.07, 6.45) is -1.83. The van der Waals surface area contributed by atoms with Crippen molar-refractivity contribution in [2.75, 3.05) is 5.73 Å². The average Bonchev–Trinajstić information content (AvgIpc) is 2.62. The Morgan fingerprint density at radius 2 is 2.17 bits per heavy atom. The lowest BCUT2D eigenvalue weighted by Crippen LogP contribution is -2.41. The van der Waals surface area contributed by atoms with Crippen LogP contribution in [0.5, 0.6) is 0 Å². The number of alkyl halides is 2. The Morgan fingerprint density at radius 3 is 2.74 bits per heavy atom. The lowest BCUT2D eigenvalue weighted by atomic mass is 9.81. The summed E-state index contributed by atoms with van der Waals surface area (Å²) in [5, 5.41) is 9.99. The van der Waals surface area contributed by atoms with Gasteiger partial charge in [0.2, 0.25) is 6.23 Å². The molecule has 0 aromatic carbocycles. The number of anilines is 1. The van der Waals surface area contributed by atoms with Crippen molar-refractivity contribution in [3.05, 3.63) is 22.7 Å². The van der Waals surface area contributed by atoms with Crippen LogP contribution in [0, 0.1) is 5.41 Å². The van der Waals surface area contributed by atoms with Gasteiger partial charge in [0.15, 0.2) is 0 Å².